The Hall–Kier alpha value is -1.37. The van der Waals surface area contributed by atoms with Crippen LogP contribution >= 0.6 is 0 Å². The minimum Gasteiger partial charge on any atom is -0.257 e. The molecule has 0 rings (SSSR count). The first-order valence-corrected chi connectivity index (χ1v) is 2.95. The molecule has 0 aromatic heterocycles. The zero-order valence-electron chi connectivity index (χ0n) is 5.96. The lowest BCUT2D eigenvalue weighted by Gasteiger charge is -1.84. The average Bonchev–Trinajstić information content (AvgIpc) is 1.99. The maximum absolute atomic E-state index is 3.98. The van der Waals surface area contributed by atoms with Crippen molar-refractivity contribution in [2.24, 2.45) is 4.99 Å². The van der Waals surface area contributed by atoms with Crippen molar-refractivity contribution < 1.29 is 0 Å². The van der Waals surface area contributed by atoms with Crippen molar-refractivity contribution in [3.05, 3.63) is 50.2 Å². The van der Waals surface area contributed by atoms with Gasteiger partial charge in [-0.25, -0.2) is 0 Å². The predicted molar refractivity (Wildman–Crippen MR) is 47.2 cm³/mol. The molecular weight excluding hydrogens is 122 g/mol. The molecule has 0 aliphatic rings. The molecule has 0 spiro atoms. The lowest BCUT2D eigenvalue weighted by Crippen LogP contribution is -1.81. The van der Waals surface area contributed by atoms with Crippen molar-refractivity contribution in [3.8, 4) is 0 Å². The summed E-state index contributed by atoms with van der Waals surface area (Å²) in [5, 5.41) is 0. The van der Waals surface area contributed by atoms with Crippen LogP contribution in [-0.4, -0.2) is 5.71 Å². The zero-order chi connectivity index (χ0) is 7.82. The number of aliphatic imine (C=N–C) groups is 1. The number of nitrogens with zero attached hydrogens (tertiary/aromatic N) is 1. The Morgan fingerprint density at radius 2 is 1.70 bits per heavy atom. The largest absolute Gasteiger partial charge is 0.257 e. The van der Waals surface area contributed by atoms with E-state index in [9.17, 15) is 0 Å². The van der Waals surface area contributed by atoms with E-state index < -0.39 is 0 Å². The summed E-state index contributed by atoms with van der Waals surface area (Å²) in [6.07, 6.45) is 8.33. The summed E-state index contributed by atoms with van der Waals surface area (Å²) < 4.78 is 0. The van der Waals surface area contributed by atoms with Crippen molar-refractivity contribution in [1.82, 2.24) is 0 Å². The van der Waals surface area contributed by atoms with E-state index in [0.717, 1.165) is 5.71 Å². The Balaban J connectivity index is 4.10. The molecule has 1 nitrogen and oxygen atoms in total. The van der Waals surface area contributed by atoms with Gasteiger partial charge in [0.2, 0.25) is 0 Å². The third-order valence-corrected chi connectivity index (χ3v) is 0.864. The summed E-state index contributed by atoms with van der Waals surface area (Å²) in [6, 6.07) is 0. The molecule has 0 bridgehead atoms. The Labute approximate surface area is 61.8 Å². The van der Waals surface area contributed by atoms with Crippen LogP contribution in [0.25, 0.3) is 0 Å². The van der Waals surface area contributed by atoms with Crippen LogP contribution in [0.15, 0.2) is 55.2 Å². The van der Waals surface area contributed by atoms with Crippen LogP contribution in [0.2, 0.25) is 0 Å². The van der Waals surface area contributed by atoms with Gasteiger partial charge in [0.05, 0.1) is 5.71 Å². The molecule has 0 aliphatic heterocycles. The van der Waals surface area contributed by atoms with E-state index in [0.29, 0.717) is 0 Å². The topological polar surface area (TPSA) is 12.4 Å². The van der Waals surface area contributed by atoms with Crippen molar-refractivity contribution in [3.63, 3.8) is 0 Å². The Bertz CT molecular complexity index is 175. The van der Waals surface area contributed by atoms with Crippen molar-refractivity contribution in [2.75, 3.05) is 0 Å². The third kappa shape index (κ3) is 3.61. The smallest absolute Gasteiger partial charge is 0.0617 e. The molecule has 52 valence electrons. The summed E-state index contributed by atoms with van der Waals surface area (Å²) in [4.78, 5) is 3.98. The van der Waals surface area contributed by atoms with Gasteiger partial charge >= 0.3 is 0 Å². The molecule has 0 radical (unpaired) electrons. The quantitative estimate of drug-likeness (QED) is 0.412. The number of allylic oxidation sites excluding steroid dienone is 4. The fourth-order valence-corrected chi connectivity index (χ4v) is 0.379. The van der Waals surface area contributed by atoms with Gasteiger partial charge in [-0.15, -0.1) is 0 Å². The minimum atomic E-state index is 0.762. The molecule has 0 heterocycles. The highest BCUT2D eigenvalue weighted by Crippen LogP contribution is 1.83. The van der Waals surface area contributed by atoms with Gasteiger partial charge in [-0.3, -0.25) is 4.99 Å². The normalized spacial score (nSPS) is 8.80. The molecule has 0 aromatic rings. The van der Waals surface area contributed by atoms with E-state index in [1.807, 2.05) is 0 Å². The highest BCUT2D eigenvalue weighted by molar-refractivity contribution is 6.03. The van der Waals surface area contributed by atoms with Crippen molar-refractivity contribution >= 4 is 5.71 Å². The van der Waals surface area contributed by atoms with E-state index >= 15 is 0 Å². The molecule has 0 N–H and O–H groups in total. The summed E-state index contributed by atoms with van der Waals surface area (Å²) in [5.41, 5.74) is 0.762. The predicted octanol–water partition coefficient (Wildman–Crippen LogP) is 2.50. The second-order valence-corrected chi connectivity index (χ2v) is 1.54. The van der Waals surface area contributed by atoms with Crippen LogP contribution < -0.4 is 0 Å². The highest BCUT2D eigenvalue weighted by atomic mass is 14.7. The zero-order valence-corrected chi connectivity index (χ0v) is 5.96. The molecule has 0 saturated heterocycles. The molecule has 0 aromatic carbocycles. The molecule has 0 amide bonds. The SMILES string of the molecule is C=C/C=C\N=C(C=C)C=C. The van der Waals surface area contributed by atoms with E-state index in [-0.39, 0.29) is 0 Å². The summed E-state index contributed by atoms with van der Waals surface area (Å²) in [5.74, 6) is 0. The van der Waals surface area contributed by atoms with Gasteiger partial charge in [-0.1, -0.05) is 25.8 Å². The number of rotatable bonds is 4. The lowest BCUT2D eigenvalue weighted by atomic mass is 10.4. The molecule has 0 fully saturated rings. The van der Waals surface area contributed by atoms with Crippen molar-refractivity contribution in [2.45, 2.75) is 0 Å². The van der Waals surface area contributed by atoms with Gasteiger partial charge in [0.25, 0.3) is 0 Å². The summed E-state index contributed by atoms with van der Waals surface area (Å²) >= 11 is 0. The summed E-state index contributed by atoms with van der Waals surface area (Å²) in [6.45, 7) is 10.6. The number of hydrogen-bond acceptors (Lipinski definition) is 1. The van der Waals surface area contributed by atoms with Gasteiger partial charge in [-0.2, -0.15) is 0 Å². The molecule has 0 unspecified atom stereocenters. The van der Waals surface area contributed by atoms with E-state index in [4.69, 9.17) is 0 Å². The van der Waals surface area contributed by atoms with Gasteiger partial charge in [0, 0.05) is 6.20 Å². The molecule has 0 atom stereocenters. The van der Waals surface area contributed by atoms with Gasteiger partial charge in [0.15, 0.2) is 0 Å². The van der Waals surface area contributed by atoms with Gasteiger partial charge in [-0.05, 0) is 18.2 Å². The van der Waals surface area contributed by atoms with Gasteiger partial charge in [0.1, 0.15) is 0 Å². The van der Waals surface area contributed by atoms with Crippen LogP contribution in [0.5, 0.6) is 0 Å². The van der Waals surface area contributed by atoms with Crippen molar-refractivity contribution in [1.29, 1.82) is 0 Å². The Kier molecular flexibility index (Phi) is 4.97. The number of hydrogen-bond donors (Lipinski definition) is 0. The fourth-order valence-electron chi connectivity index (χ4n) is 0.379. The standard InChI is InChI=1S/C9H11N/c1-4-7-8-10-9(5-2)6-3/h4-8H,1-3H2/b8-7-. The fraction of sp³-hybridized carbons (Fsp3) is 0. The maximum Gasteiger partial charge on any atom is 0.0617 e. The van der Waals surface area contributed by atoms with Crippen LogP contribution in [0.3, 0.4) is 0 Å². The van der Waals surface area contributed by atoms with E-state index in [1.165, 1.54) is 0 Å². The average molecular weight is 133 g/mol. The first-order chi connectivity index (χ1) is 4.85. The lowest BCUT2D eigenvalue weighted by molar-refractivity contribution is 1.57. The first-order valence-electron chi connectivity index (χ1n) is 2.95. The maximum atomic E-state index is 3.98. The Morgan fingerprint density at radius 1 is 1.10 bits per heavy atom. The van der Waals surface area contributed by atoms with Crippen LogP contribution in [0.1, 0.15) is 0 Å². The van der Waals surface area contributed by atoms with Crippen LogP contribution in [0, 0.1) is 0 Å². The molecule has 10 heavy (non-hydrogen) atoms. The van der Waals surface area contributed by atoms with E-state index in [2.05, 4.69) is 24.7 Å². The molecule has 0 saturated carbocycles. The first kappa shape index (κ1) is 8.63. The van der Waals surface area contributed by atoms with Gasteiger partial charge < -0.3 is 0 Å². The van der Waals surface area contributed by atoms with Crippen LogP contribution in [-0.2, 0) is 0 Å². The summed E-state index contributed by atoms with van der Waals surface area (Å²) in [7, 11) is 0. The highest BCUT2D eigenvalue weighted by Gasteiger charge is 1.77. The third-order valence-electron chi connectivity index (χ3n) is 0.864. The van der Waals surface area contributed by atoms with Crippen LogP contribution in [0.4, 0.5) is 0 Å². The second-order valence-electron chi connectivity index (χ2n) is 1.54. The monoisotopic (exact) mass is 133 g/mol. The molecule has 0 aliphatic carbocycles. The molecular formula is C9H11N. The minimum absolute atomic E-state index is 0.762. The Morgan fingerprint density at radius 3 is 2.10 bits per heavy atom. The second kappa shape index (κ2) is 5.76. The van der Waals surface area contributed by atoms with E-state index in [1.54, 1.807) is 30.5 Å². The molecule has 1 heteroatoms.